The first kappa shape index (κ1) is 17.6. The molecule has 3 rings (SSSR count). The van der Waals surface area contributed by atoms with Crippen LogP contribution in [-0.4, -0.2) is 32.9 Å². The van der Waals surface area contributed by atoms with Crippen LogP contribution in [0.4, 0.5) is 0 Å². The second-order valence-corrected chi connectivity index (χ2v) is 6.92. The van der Waals surface area contributed by atoms with Crippen LogP contribution in [0.3, 0.4) is 0 Å². The van der Waals surface area contributed by atoms with Gasteiger partial charge in [-0.05, 0) is 45.2 Å². The Labute approximate surface area is 148 Å². The molecule has 1 saturated carbocycles. The maximum atomic E-state index is 13.2. The minimum absolute atomic E-state index is 0.122. The van der Waals surface area contributed by atoms with E-state index >= 15 is 0 Å². The quantitative estimate of drug-likeness (QED) is 0.836. The van der Waals surface area contributed by atoms with Crippen LogP contribution >= 0.6 is 0 Å². The van der Waals surface area contributed by atoms with Gasteiger partial charge in [-0.1, -0.05) is 19.8 Å². The fourth-order valence-electron chi connectivity index (χ4n) is 3.81. The van der Waals surface area contributed by atoms with Crippen LogP contribution in [0.25, 0.3) is 11.0 Å². The summed E-state index contributed by atoms with van der Waals surface area (Å²) in [5.74, 6) is -0.122. The molecule has 0 saturated heterocycles. The van der Waals surface area contributed by atoms with E-state index < -0.39 is 0 Å². The summed E-state index contributed by atoms with van der Waals surface area (Å²) >= 11 is 0. The standard InChI is InChI=1S/C20H27N3O2/c1-4-12-23(15-8-6-7-9-15)20(25)17-13-22(5-2)19-16(18(17)24)11-10-14(3)21-19/h10-11,13,15H,4-9,12H2,1-3H3. The Hall–Kier alpha value is -2.17. The van der Waals surface area contributed by atoms with Crippen molar-refractivity contribution in [3.8, 4) is 0 Å². The molecule has 134 valence electrons. The highest BCUT2D eigenvalue weighted by Crippen LogP contribution is 2.25. The Morgan fingerprint density at radius 3 is 2.64 bits per heavy atom. The van der Waals surface area contributed by atoms with Crippen LogP contribution in [0.2, 0.25) is 0 Å². The lowest BCUT2D eigenvalue weighted by Crippen LogP contribution is -2.41. The molecule has 0 spiro atoms. The van der Waals surface area contributed by atoms with Gasteiger partial charge in [0, 0.05) is 31.0 Å². The number of aromatic nitrogens is 2. The predicted molar refractivity (Wildman–Crippen MR) is 100.0 cm³/mol. The van der Waals surface area contributed by atoms with Crippen LogP contribution in [0, 0.1) is 6.92 Å². The molecule has 1 aliphatic rings. The van der Waals surface area contributed by atoms with Gasteiger partial charge < -0.3 is 9.47 Å². The van der Waals surface area contributed by atoms with Gasteiger partial charge in [-0.3, -0.25) is 9.59 Å². The van der Waals surface area contributed by atoms with Gasteiger partial charge >= 0.3 is 0 Å². The number of hydrogen-bond acceptors (Lipinski definition) is 3. The van der Waals surface area contributed by atoms with E-state index in [2.05, 4.69) is 11.9 Å². The highest BCUT2D eigenvalue weighted by atomic mass is 16.2. The van der Waals surface area contributed by atoms with Crippen molar-refractivity contribution in [1.29, 1.82) is 0 Å². The van der Waals surface area contributed by atoms with E-state index in [0.717, 1.165) is 37.8 Å². The zero-order chi connectivity index (χ0) is 18.0. The van der Waals surface area contributed by atoms with E-state index in [9.17, 15) is 9.59 Å². The van der Waals surface area contributed by atoms with Crippen LogP contribution in [0.5, 0.6) is 0 Å². The van der Waals surface area contributed by atoms with Crippen molar-refractivity contribution in [3.63, 3.8) is 0 Å². The van der Waals surface area contributed by atoms with Crippen molar-refractivity contribution in [2.75, 3.05) is 6.54 Å². The summed E-state index contributed by atoms with van der Waals surface area (Å²) in [6, 6.07) is 3.90. The molecule has 25 heavy (non-hydrogen) atoms. The largest absolute Gasteiger partial charge is 0.336 e. The maximum absolute atomic E-state index is 13.2. The third kappa shape index (κ3) is 3.32. The fraction of sp³-hybridized carbons (Fsp3) is 0.550. The third-order valence-electron chi connectivity index (χ3n) is 5.12. The second-order valence-electron chi connectivity index (χ2n) is 6.92. The minimum atomic E-state index is -0.198. The Bertz CT molecular complexity index is 835. The number of amides is 1. The topological polar surface area (TPSA) is 55.2 Å². The number of rotatable bonds is 5. The first-order valence-corrected chi connectivity index (χ1v) is 9.38. The molecule has 2 aromatic rings. The average Bonchev–Trinajstić information content (AvgIpc) is 3.13. The lowest BCUT2D eigenvalue weighted by Gasteiger charge is -2.29. The Kier molecular flexibility index (Phi) is 5.21. The summed E-state index contributed by atoms with van der Waals surface area (Å²) in [6.07, 6.45) is 7.02. The zero-order valence-corrected chi connectivity index (χ0v) is 15.4. The molecule has 0 atom stereocenters. The first-order valence-electron chi connectivity index (χ1n) is 9.38. The number of fused-ring (bicyclic) bond motifs is 1. The number of nitrogens with zero attached hydrogens (tertiary/aromatic N) is 3. The van der Waals surface area contributed by atoms with Crippen molar-refractivity contribution < 1.29 is 4.79 Å². The van der Waals surface area contributed by atoms with E-state index in [0.29, 0.717) is 24.1 Å². The molecule has 0 radical (unpaired) electrons. The molecule has 1 aliphatic carbocycles. The van der Waals surface area contributed by atoms with Gasteiger partial charge in [0.05, 0.1) is 5.39 Å². The number of carbonyl (C=O) groups excluding carboxylic acids is 1. The summed E-state index contributed by atoms with van der Waals surface area (Å²) in [7, 11) is 0. The summed E-state index contributed by atoms with van der Waals surface area (Å²) in [5, 5.41) is 0.529. The van der Waals surface area contributed by atoms with Crippen LogP contribution in [-0.2, 0) is 6.54 Å². The average molecular weight is 341 g/mol. The highest BCUT2D eigenvalue weighted by molar-refractivity contribution is 5.97. The van der Waals surface area contributed by atoms with Crippen LogP contribution in [0.1, 0.15) is 62.0 Å². The Morgan fingerprint density at radius 1 is 1.28 bits per heavy atom. The molecule has 0 bridgehead atoms. The summed E-state index contributed by atoms with van der Waals surface area (Å²) in [4.78, 5) is 32.6. The third-order valence-corrected chi connectivity index (χ3v) is 5.12. The van der Waals surface area contributed by atoms with E-state index in [4.69, 9.17) is 0 Å². The van der Waals surface area contributed by atoms with Gasteiger partial charge in [-0.15, -0.1) is 0 Å². The van der Waals surface area contributed by atoms with Gasteiger partial charge in [0.25, 0.3) is 5.91 Å². The predicted octanol–water partition coefficient (Wildman–Crippen LogP) is 3.52. The number of aryl methyl sites for hydroxylation is 2. The summed E-state index contributed by atoms with van der Waals surface area (Å²) in [6.45, 7) is 7.37. The van der Waals surface area contributed by atoms with Gasteiger partial charge in [0.1, 0.15) is 11.2 Å². The number of hydrogen-bond donors (Lipinski definition) is 0. The molecule has 0 aliphatic heterocycles. The van der Waals surface area contributed by atoms with Crippen molar-refractivity contribution in [1.82, 2.24) is 14.5 Å². The Morgan fingerprint density at radius 2 is 2.00 bits per heavy atom. The minimum Gasteiger partial charge on any atom is -0.336 e. The maximum Gasteiger partial charge on any atom is 0.259 e. The second kappa shape index (κ2) is 7.38. The van der Waals surface area contributed by atoms with Crippen molar-refractivity contribution in [2.45, 2.75) is 65.5 Å². The SMILES string of the molecule is CCCN(C(=O)c1cn(CC)c2nc(C)ccc2c1=O)C1CCCC1. The van der Waals surface area contributed by atoms with Crippen molar-refractivity contribution in [2.24, 2.45) is 0 Å². The van der Waals surface area contributed by atoms with E-state index in [-0.39, 0.29) is 22.9 Å². The van der Waals surface area contributed by atoms with Gasteiger partial charge in [0.15, 0.2) is 0 Å². The number of pyridine rings is 2. The molecule has 0 aromatic carbocycles. The zero-order valence-electron chi connectivity index (χ0n) is 15.4. The lowest BCUT2D eigenvalue weighted by atomic mass is 10.1. The van der Waals surface area contributed by atoms with Gasteiger partial charge in [-0.25, -0.2) is 4.98 Å². The van der Waals surface area contributed by atoms with Gasteiger partial charge in [0.2, 0.25) is 5.43 Å². The van der Waals surface area contributed by atoms with Crippen molar-refractivity contribution in [3.05, 3.63) is 39.8 Å². The highest BCUT2D eigenvalue weighted by Gasteiger charge is 2.29. The summed E-state index contributed by atoms with van der Waals surface area (Å²) < 4.78 is 1.91. The molecule has 5 heteroatoms. The van der Waals surface area contributed by atoms with Crippen molar-refractivity contribution >= 4 is 16.9 Å². The molecule has 0 unspecified atom stereocenters. The lowest BCUT2D eigenvalue weighted by molar-refractivity contribution is 0.0679. The fourth-order valence-corrected chi connectivity index (χ4v) is 3.81. The molecule has 1 amide bonds. The molecule has 0 N–H and O–H groups in total. The van der Waals surface area contributed by atoms with Gasteiger partial charge in [-0.2, -0.15) is 0 Å². The van der Waals surface area contributed by atoms with E-state index in [1.165, 1.54) is 0 Å². The van der Waals surface area contributed by atoms with Crippen LogP contribution in [0.15, 0.2) is 23.1 Å². The molecule has 2 heterocycles. The molecule has 5 nitrogen and oxygen atoms in total. The normalized spacial score (nSPS) is 15.0. The number of carbonyl (C=O) groups is 1. The summed E-state index contributed by atoms with van der Waals surface area (Å²) in [5.41, 5.74) is 1.61. The Balaban J connectivity index is 2.10. The monoisotopic (exact) mass is 341 g/mol. The van der Waals surface area contributed by atoms with E-state index in [1.54, 1.807) is 12.3 Å². The van der Waals surface area contributed by atoms with Crippen LogP contribution < -0.4 is 5.43 Å². The smallest absolute Gasteiger partial charge is 0.259 e. The molecule has 1 fully saturated rings. The molecular formula is C20H27N3O2. The molecular weight excluding hydrogens is 314 g/mol. The molecule has 2 aromatic heterocycles. The van der Waals surface area contributed by atoms with E-state index in [1.807, 2.05) is 29.4 Å². The first-order chi connectivity index (χ1) is 12.1.